The van der Waals surface area contributed by atoms with E-state index in [1.807, 2.05) is 7.05 Å². The van der Waals surface area contributed by atoms with Gasteiger partial charge in [0.1, 0.15) is 0 Å². The van der Waals surface area contributed by atoms with Crippen molar-refractivity contribution in [1.29, 1.82) is 0 Å². The molecule has 26 heavy (non-hydrogen) atoms. The molecule has 2 aliphatic heterocycles. The highest BCUT2D eigenvalue weighted by Crippen LogP contribution is 2.24. The molecular formula is C19H39Cl2N3O2. The highest BCUT2D eigenvalue weighted by molar-refractivity contribution is 5.85. The third-order valence-electron chi connectivity index (χ3n) is 5.45. The fourth-order valence-electron chi connectivity index (χ4n) is 4.29. The van der Waals surface area contributed by atoms with Crippen LogP contribution in [0.1, 0.15) is 47.0 Å². The van der Waals surface area contributed by atoms with E-state index in [9.17, 15) is 4.79 Å². The van der Waals surface area contributed by atoms with Crippen LogP contribution in [-0.4, -0.2) is 73.7 Å². The highest BCUT2D eigenvalue weighted by atomic mass is 35.5. The van der Waals surface area contributed by atoms with E-state index < -0.39 is 0 Å². The van der Waals surface area contributed by atoms with Gasteiger partial charge in [-0.2, -0.15) is 0 Å². The molecule has 0 radical (unpaired) electrons. The van der Waals surface area contributed by atoms with Gasteiger partial charge in [0.15, 0.2) is 0 Å². The fraction of sp³-hybridized carbons (Fsp3) is 0.947. The summed E-state index contributed by atoms with van der Waals surface area (Å²) in [5, 5.41) is 3.23. The van der Waals surface area contributed by atoms with Gasteiger partial charge in [0, 0.05) is 26.2 Å². The second-order valence-corrected chi connectivity index (χ2v) is 8.06. The van der Waals surface area contributed by atoms with Crippen molar-refractivity contribution in [3.05, 3.63) is 0 Å². The predicted molar refractivity (Wildman–Crippen MR) is 113 cm³/mol. The zero-order valence-electron chi connectivity index (χ0n) is 17.1. The first-order valence-corrected chi connectivity index (χ1v) is 9.75. The number of rotatable bonds is 6. The number of morpholine rings is 1. The van der Waals surface area contributed by atoms with Crippen LogP contribution in [0.4, 0.5) is 0 Å². The maximum atomic E-state index is 13.2. The van der Waals surface area contributed by atoms with E-state index in [0.717, 1.165) is 51.5 Å². The SMILES string of the molecule is CNCCC1CCN(C(=O)C(C(C)C)N2CC(C)OC(C)C2)CC1.Cl.Cl. The van der Waals surface area contributed by atoms with Crippen molar-refractivity contribution in [3.8, 4) is 0 Å². The number of nitrogens with one attached hydrogen (secondary N) is 1. The number of piperidine rings is 1. The van der Waals surface area contributed by atoms with Gasteiger partial charge in [0.05, 0.1) is 18.2 Å². The molecule has 156 valence electrons. The monoisotopic (exact) mass is 411 g/mol. The number of halogens is 2. The average Bonchev–Trinajstić information content (AvgIpc) is 2.52. The molecule has 0 aromatic heterocycles. The van der Waals surface area contributed by atoms with E-state index in [2.05, 4.69) is 42.8 Å². The molecule has 2 heterocycles. The Bertz CT molecular complexity index is 394. The van der Waals surface area contributed by atoms with Crippen LogP contribution >= 0.6 is 24.8 Å². The molecule has 5 nitrogen and oxygen atoms in total. The summed E-state index contributed by atoms with van der Waals surface area (Å²) >= 11 is 0. The van der Waals surface area contributed by atoms with E-state index in [1.54, 1.807) is 0 Å². The van der Waals surface area contributed by atoms with Crippen molar-refractivity contribution in [2.24, 2.45) is 11.8 Å². The second kappa shape index (κ2) is 12.4. The Balaban J connectivity index is 0.00000312. The Morgan fingerprint density at radius 1 is 1.12 bits per heavy atom. The molecule has 3 atom stereocenters. The summed E-state index contributed by atoms with van der Waals surface area (Å²) in [6.07, 6.45) is 3.93. The lowest BCUT2D eigenvalue weighted by atomic mass is 9.92. The van der Waals surface area contributed by atoms with Crippen LogP contribution < -0.4 is 5.32 Å². The summed E-state index contributed by atoms with van der Waals surface area (Å²) in [5.74, 6) is 1.43. The number of hydrogen-bond donors (Lipinski definition) is 1. The van der Waals surface area contributed by atoms with Crippen LogP contribution in [0.5, 0.6) is 0 Å². The van der Waals surface area contributed by atoms with E-state index in [1.165, 1.54) is 6.42 Å². The van der Waals surface area contributed by atoms with Crippen LogP contribution in [0.25, 0.3) is 0 Å². The van der Waals surface area contributed by atoms with Crippen LogP contribution in [0, 0.1) is 11.8 Å². The number of nitrogens with zero attached hydrogens (tertiary/aromatic N) is 2. The molecule has 2 aliphatic rings. The Labute approximate surface area is 172 Å². The number of carbonyl (C=O) groups is 1. The van der Waals surface area contributed by atoms with E-state index in [-0.39, 0.29) is 43.1 Å². The standard InChI is InChI=1S/C19H37N3O2.2ClH/c1-14(2)18(22-12-15(3)24-16(4)13-22)19(23)21-10-7-17(8-11-21)6-9-20-5;;/h14-18,20H,6-13H2,1-5H3;2*1H. The Kier molecular flexibility index (Phi) is 12.4. The lowest BCUT2D eigenvalue weighted by Crippen LogP contribution is -2.58. The minimum atomic E-state index is -0.00680. The van der Waals surface area contributed by atoms with Gasteiger partial charge in [-0.3, -0.25) is 9.69 Å². The zero-order chi connectivity index (χ0) is 17.7. The molecule has 1 N–H and O–H groups in total. The molecule has 2 fully saturated rings. The fourth-order valence-corrected chi connectivity index (χ4v) is 4.29. The summed E-state index contributed by atoms with van der Waals surface area (Å²) in [4.78, 5) is 17.7. The summed E-state index contributed by atoms with van der Waals surface area (Å²) in [5.41, 5.74) is 0. The van der Waals surface area contributed by atoms with Crippen molar-refractivity contribution >= 4 is 30.7 Å². The van der Waals surface area contributed by atoms with Crippen molar-refractivity contribution in [3.63, 3.8) is 0 Å². The van der Waals surface area contributed by atoms with Gasteiger partial charge in [0.2, 0.25) is 5.91 Å². The zero-order valence-corrected chi connectivity index (χ0v) is 18.7. The second-order valence-electron chi connectivity index (χ2n) is 8.06. The number of hydrogen-bond acceptors (Lipinski definition) is 4. The topological polar surface area (TPSA) is 44.8 Å². The summed E-state index contributed by atoms with van der Waals surface area (Å²) in [6, 6.07) is -0.00680. The Morgan fingerprint density at radius 2 is 1.65 bits per heavy atom. The molecule has 7 heteroatoms. The Hall–Kier alpha value is -0.0700. The number of ether oxygens (including phenoxy) is 1. The van der Waals surface area contributed by atoms with Crippen LogP contribution in [0.15, 0.2) is 0 Å². The van der Waals surface area contributed by atoms with Gasteiger partial charge in [0.25, 0.3) is 0 Å². The largest absolute Gasteiger partial charge is 0.373 e. The van der Waals surface area contributed by atoms with Gasteiger partial charge in [-0.1, -0.05) is 13.8 Å². The van der Waals surface area contributed by atoms with Gasteiger partial charge < -0.3 is 15.0 Å². The molecule has 0 aliphatic carbocycles. The molecule has 0 saturated carbocycles. The van der Waals surface area contributed by atoms with Crippen LogP contribution in [0.3, 0.4) is 0 Å². The van der Waals surface area contributed by atoms with Crippen molar-refractivity contribution in [1.82, 2.24) is 15.1 Å². The van der Waals surface area contributed by atoms with Gasteiger partial charge in [-0.05, 0) is 58.5 Å². The molecule has 1 amide bonds. The summed E-state index contributed by atoms with van der Waals surface area (Å²) in [6.45, 7) is 13.2. The number of carbonyl (C=O) groups excluding carboxylic acids is 1. The minimum Gasteiger partial charge on any atom is -0.373 e. The maximum Gasteiger partial charge on any atom is 0.240 e. The molecule has 0 aromatic carbocycles. The van der Waals surface area contributed by atoms with E-state index in [0.29, 0.717) is 11.8 Å². The summed E-state index contributed by atoms with van der Waals surface area (Å²) in [7, 11) is 2.01. The number of likely N-dealkylation sites (tertiary alicyclic amines) is 1. The average molecular weight is 412 g/mol. The quantitative estimate of drug-likeness (QED) is 0.729. The first-order chi connectivity index (χ1) is 11.4. The lowest BCUT2D eigenvalue weighted by molar-refractivity contribution is -0.146. The third kappa shape index (κ3) is 7.16. The van der Waals surface area contributed by atoms with Crippen LogP contribution in [-0.2, 0) is 9.53 Å². The van der Waals surface area contributed by atoms with Gasteiger partial charge in [-0.25, -0.2) is 0 Å². The minimum absolute atomic E-state index is 0. The smallest absolute Gasteiger partial charge is 0.240 e. The molecule has 0 bridgehead atoms. The normalized spacial score (nSPS) is 26.2. The van der Waals surface area contributed by atoms with Crippen molar-refractivity contribution in [2.75, 3.05) is 39.8 Å². The molecule has 3 unspecified atom stereocenters. The molecule has 0 aromatic rings. The van der Waals surface area contributed by atoms with E-state index in [4.69, 9.17) is 4.74 Å². The lowest BCUT2D eigenvalue weighted by Gasteiger charge is -2.43. The van der Waals surface area contributed by atoms with E-state index >= 15 is 0 Å². The molecular weight excluding hydrogens is 373 g/mol. The molecule has 0 spiro atoms. The van der Waals surface area contributed by atoms with Gasteiger partial charge >= 0.3 is 0 Å². The Morgan fingerprint density at radius 3 is 2.12 bits per heavy atom. The molecule has 2 saturated heterocycles. The molecule has 2 rings (SSSR count). The highest BCUT2D eigenvalue weighted by Gasteiger charge is 2.37. The van der Waals surface area contributed by atoms with Crippen molar-refractivity contribution < 1.29 is 9.53 Å². The first-order valence-electron chi connectivity index (χ1n) is 9.75. The maximum absolute atomic E-state index is 13.2. The summed E-state index contributed by atoms with van der Waals surface area (Å²) < 4.78 is 5.85. The first kappa shape index (κ1) is 25.9. The number of amides is 1. The predicted octanol–water partition coefficient (Wildman–Crippen LogP) is 2.81. The van der Waals surface area contributed by atoms with Gasteiger partial charge in [-0.15, -0.1) is 24.8 Å². The van der Waals surface area contributed by atoms with Crippen molar-refractivity contribution in [2.45, 2.75) is 65.2 Å². The third-order valence-corrected chi connectivity index (χ3v) is 5.45. The van der Waals surface area contributed by atoms with Crippen LogP contribution in [0.2, 0.25) is 0 Å².